The van der Waals surface area contributed by atoms with Crippen molar-refractivity contribution in [3.05, 3.63) is 24.0 Å². The molecule has 0 aliphatic carbocycles. The Kier molecular flexibility index (Phi) is 5.04. The van der Waals surface area contributed by atoms with Gasteiger partial charge in [0.25, 0.3) is 5.91 Å². The molecule has 2 aromatic heterocycles. The van der Waals surface area contributed by atoms with Gasteiger partial charge in [-0.1, -0.05) is 6.92 Å². The van der Waals surface area contributed by atoms with Crippen molar-refractivity contribution in [3.63, 3.8) is 0 Å². The van der Waals surface area contributed by atoms with Gasteiger partial charge in [0.1, 0.15) is 11.8 Å². The molecule has 2 aromatic rings. The molecule has 9 heteroatoms. The van der Waals surface area contributed by atoms with Crippen LogP contribution in [0.4, 0.5) is 0 Å². The van der Waals surface area contributed by atoms with Crippen LogP contribution in [0.1, 0.15) is 50.0 Å². The zero-order valence-electron chi connectivity index (χ0n) is 16.8. The van der Waals surface area contributed by atoms with Crippen LogP contribution < -0.4 is 5.32 Å². The predicted octanol–water partition coefficient (Wildman–Crippen LogP) is 0.999. The van der Waals surface area contributed by atoms with E-state index in [4.69, 9.17) is 4.74 Å². The van der Waals surface area contributed by atoms with E-state index < -0.39 is 17.2 Å². The van der Waals surface area contributed by atoms with Gasteiger partial charge in [0.2, 0.25) is 5.91 Å². The number of rotatable bonds is 3. The first-order valence-corrected chi connectivity index (χ1v) is 10.1. The van der Waals surface area contributed by atoms with E-state index in [1.807, 2.05) is 13.0 Å². The number of piperidine rings is 1. The molecule has 156 valence electrons. The molecule has 2 fully saturated rings. The number of pyridine rings is 1. The molecular weight excluding hydrogens is 374 g/mol. The first-order valence-electron chi connectivity index (χ1n) is 10.1. The number of aliphatic hydroxyl groups excluding tert-OH is 1. The van der Waals surface area contributed by atoms with Gasteiger partial charge >= 0.3 is 0 Å². The quantitative estimate of drug-likeness (QED) is 0.706. The zero-order chi connectivity index (χ0) is 20.6. The number of aromatic amines is 1. The number of nitrogens with zero attached hydrogens (tertiary/aromatic N) is 3. The summed E-state index contributed by atoms with van der Waals surface area (Å²) in [5, 5.41) is 21.7. The van der Waals surface area contributed by atoms with Gasteiger partial charge < -0.3 is 20.1 Å². The number of carbonyl (C=O) groups excluding carboxylic acids is 2. The van der Waals surface area contributed by atoms with Crippen LogP contribution in [-0.4, -0.2) is 73.9 Å². The first kappa shape index (κ1) is 19.8. The average Bonchev–Trinajstić information content (AvgIpc) is 3.20. The molecule has 2 aliphatic heterocycles. The summed E-state index contributed by atoms with van der Waals surface area (Å²) in [6.07, 6.45) is 2.76. The Morgan fingerprint density at radius 1 is 1.34 bits per heavy atom. The molecule has 0 unspecified atom stereocenters. The van der Waals surface area contributed by atoms with Crippen molar-refractivity contribution in [2.24, 2.45) is 0 Å². The van der Waals surface area contributed by atoms with Gasteiger partial charge in [-0.25, -0.2) is 4.98 Å². The van der Waals surface area contributed by atoms with Crippen molar-refractivity contribution in [2.75, 3.05) is 19.7 Å². The number of hydrogen-bond acceptors (Lipinski definition) is 6. The monoisotopic (exact) mass is 401 g/mol. The maximum atomic E-state index is 12.9. The van der Waals surface area contributed by atoms with E-state index in [2.05, 4.69) is 20.5 Å². The molecule has 4 heterocycles. The van der Waals surface area contributed by atoms with E-state index in [1.165, 1.54) is 0 Å². The fourth-order valence-corrected chi connectivity index (χ4v) is 4.41. The van der Waals surface area contributed by atoms with Crippen LogP contribution in [0.5, 0.6) is 0 Å². The van der Waals surface area contributed by atoms with E-state index in [0.717, 1.165) is 5.39 Å². The first-order chi connectivity index (χ1) is 13.9. The van der Waals surface area contributed by atoms with Gasteiger partial charge in [-0.15, -0.1) is 0 Å². The molecule has 0 saturated carbocycles. The standard InChI is InChI=1S/C20H27N5O4/c1-3-15(26)23-19(2)8-11-29-20(18(19)28)6-9-25(10-7-20)17(27)14-5-4-13-12-21-24-16(13)22-14/h4-5,12,18,28H,3,6-11H2,1-2H3,(H,23,26)(H,21,22,24)/t18-,19+/m1/s1. The Morgan fingerprint density at radius 3 is 2.83 bits per heavy atom. The minimum Gasteiger partial charge on any atom is -0.388 e. The maximum absolute atomic E-state index is 12.9. The molecule has 3 N–H and O–H groups in total. The van der Waals surface area contributed by atoms with Gasteiger partial charge in [-0.05, 0) is 38.3 Å². The number of H-pyrrole nitrogens is 1. The smallest absolute Gasteiger partial charge is 0.272 e. The Labute approximate surface area is 168 Å². The largest absolute Gasteiger partial charge is 0.388 e. The lowest BCUT2D eigenvalue weighted by atomic mass is 9.73. The van der Waals surface area contributed by atoms with Crippen molar-refractivity contribution in [1.82, 2.24) is 25.4 Å². The van der Waals surface area contributed by atoms with E-state index in [9.17, 15) is 14.7 Å². The van der Waals surface area contributed by atoms with Crippen LogP contribution in [0.2, 0.25) is 0 Å². The average molecular weight is 401 g/mol. The van der Waals surface area contributed by atoms with Gasteiger partial charge in [0.05, 0.1) is 17.3 Å². The second-order valence-electron chi connectivity index (χ2n) is 8.18. The molecule has 2 aliphatic rings. The lowest BCUT2D eigenvalue weighted by Gasteiger charge is -2.53. The van der Waals surface area contributed by atoms with Crippen molar-refractivity contribution in [1.29, 1.82) is 0 Å². The van der Waals surface area contributed by atoms with Crippen LogP contribution in [-0.2, 0) is 9.53 Å². The van der Waals surface area contributed by atoms with E-state index >= 15 is 0 Å². The molecule has 4 rings (SSSR count). The van der Waals surface area contributed by atoms with Gasteiger partial charge in [0.15, 0.2) is 5.65 Å². The highest BCUT2D eigenvalue weighted by atomic mass is 16.5. The number of fused-ring (bicyclic) bond motifs is 1. The highest BCUT2D eigenvalue weighted by molar-refractivity contribution is 5.94. The van der Waals surface area contributed by atoms with Crippen LogP contribution >= 0.6 is 0 Å². The summed E-state index contributed by atoms with van der Waals surface area (Å²) in [6.45, 7) is 5.03. The highest BCUT2D eigenvalue weighted by Gasteiger charge is 2.54. The summed E-state index contributed by atoms with van der Waals surface area (Å²) in [5.74, 6) is -0.236. The molecular formula is C20H27N5O4. The maximum Gasteiger partial charge on any atom is 0.272 e. The minimum absolute atomic E-state index is 0.0866. The molecule has 2 atom stereocenters. The normalized spacial score (nSPS) is 26.6. The number of carbonyl (C=O) groups is 2. The van der Waals surface area contributed by atoms with E-state index in [-0.39, 0.29) is 11.8 Å². The summed E-state index contributed by atoms with van der Waals surface area (Å²) >= 11 is 0. The number of amides is 2. The molecule has 29 heavy (non-hydrogen) atoms. The number of likely N-dealkylation sites (tertiary alicyclic amines) is 1. The fraction of sp³-hybridized carbons (Fsp3) is 0.600. The highest BCUT2D eigenvalue weighted by Crippen LogP contribution is 2.40. The fourth-order valence-electron chi connectivity index (χ4n) is 4.41. The van der Waals surface area contributed by atoms with Crippen LogP contribution in [0.3, 0.4) is 0 Å². The Bertz CT molecular complexity index is 920. The molecule has 0 aromatic carbocycles. The molecule has 0 radical (unpaired) electrons. The third kappa shape index (κ3) is 3.49. The Balaban J connectivity index is 1.46. The SMILES string of the molecule is CCC(=O)N[C@@]1(C)CCOC2(CCN(C(=O)c3ccc4cn[nH]c4n3)CC2)[C@@H]1O. The van der Waals surface area contributed by atoms with E-state index in [1.54, 1.807) is 24.1 Å². The third-order valence-corrected chi connectivity index (χ3v) is 6.28. The molecule has 0 bridgehead atoms. The lowest BCUT2D eigenvalue weighted by molar-refractivity contribution is -0.205. The number of ether oxygens (including phenoxy) is 1. The molecule has 1 spiro atoms. The number of hydrogen-bond donors (Lipinski definition) is 3. The summed E-state index contributed by atoms with van der Waals surface area (Å²) < 4.78 is 6.04. The van der Waals surface area contributed by atoms with Gasteiger partial charge in [-0.2, -0.15) is 5.10 Å². The van der Waals surface area contributed by atoms with Crippen molar-refractivity contribution in [2.45, 2.75) is 56.8 Å². The third-order valence-electron chi connectivity index (χ3n) is 6.28. The molecule has 2 saturated heterocycles. The summed E-state index contributed by atoms with van der Waals surface area (Å²) in [4.78, 5) is 30.9. The summed E-state index contributed by atoms with van der Waals surface area (Å²) in [6, 6.07) is 3.52. The second-order valence-corrected chi connectivity index (χ2v) is 8.18. The van der Waals surface area contributed by atoms with E-state index in [0.29, 0.717) is 56.7 Å². The zero-order valence-corrected chi connectivity index (χ0v) is 16.8. The van der Waals surface area contributed by atoms with Crippen LogP contribution in [0, 0.1) is 0 Å². The van der Waals surface area contributed by atoms with Crippen LogP contribution in [0.15, 0.2) is 18.3 Å². The van der Waals surface area contributed by atoms with Crippen molar-refractivity contribution >= 4 is 22.8 Å². The lowest BCUT2D eigenvalue weighted by Crippen LogP contribution is -2.69. The second kappa shape index (κ2) is 7.38. The predicted molar refractivity (Wildman–Crippen MR) is 105 cm³/mol. The summed E-state index contributed by atoms with van der Waals surface area (Å²) in [5.41, 5.74) is -0.545. The van der Waals surface area contributed by atoms with Crippen LogP contribution in [0.25, 0.3) is 11.0 Å². The minimum atomic E-state index is -0.837. The van der Waals surface area contributed by atoms with Crippen molar-refractivity contribution in [3.8, 4) is 0 Å². The number of nitrogens with one attached hydrogen (secondary N) is 2. The van der Waals surface area contributed by atoms with Crippen molar-refractivity contribution < 1.29 is 19.4 Å². The topological polar surface area (TPSA) is 120 Å². The number of aromatic nitrogens is 3. The Hall–Kier alpha value is -2.52. The molecule has 2 amide bonds. The van der Waals surface area contributed by atoms with Gasteiger partial charge in [0, 0.05) is 31.5 Å². The molecule has 9 nitrogen and oxygen atoms in total. The Morgan fingerprint density at radius 2 is 2.10 bits per heavy atom. The van der Waals surface area contributed by atoms with Gasteiger partial charge in [-0.3, -0.25) is 14.7 Å². The number of aliphatic hydroxyl groups is 1. The summed E-state index contributed by atoms with van der Waals surface area (Å²) in [7, 11) is 0.